The number of H-pyrrole nitrogens is 1. The summed E-state index contributed by atoms with van der Waals surface area (Å²) in [5.74, 6) is 0.436. The fraction of sp³-hybridized carbons (Fsp3) is 0.0769. The van der Waals surface area contributed by atoms with Crippen molar-refractivity contribution in [2.45, 2.75) is 0 Å². The standard InChI is InChI=1S/C13H9BrFN3O/c1-19-10-4-2-3-8(15)11(10)13-17-9-5-7(14)6-16-12(9)18-13/h2-6H,1H3,(H,16,17,18). The Morgan fingerprint density at radius 3 is 3.00 bits per heavy atom. The van der Waals surface area contributed by atoms with Gasteiger partial charge in [0.25, 0.3) is 0 Å². The molecule has 96 valence electrons. The molecule has 0 amide bonds. The SMILES string of the molecule is COc1cccc(F)c1-c1nc2ncc(Br)cc2[nH]1. The third-order valence-electron chi connectivity index (χ3n) is 2.74. The lowest BCUT2D eigenvalue weighted by Gasteiger charge is -2.06. The minimum absolute atomic E-state index is 0.305. The van der Waals surface area contributed by atoms with Gasteiger partial charge in [0.05, 0.1) is 18.2 Å². The maximum atomic E-state index is 14.0. The molecule has 4 nitrogen and oxygen atoms in total. The van der Waals surface area contributed by atoms with Crippen LogP contribution in [0.25, 0.3) is 22.6 Å². The number of methoxy groups -OCH3 is 1. The second-order valence-corrected chi connectivity index (χ2v) is 4.84. The zero-order chi connectivity index (χ0) is 13.4. The molecule has 0 atom stereocenters. The summed E-state index contributed by atoms with van der Waals surface area (Å²) in [6, 6.07) is 6.49. The van der Waals surface area contributed by atoms with Gasteiger partial charge in [0.15, 0.2) is 5.65 Å². The Bertz CT molecular complexity index is 757. The molecule has 0 aliphatic heterocycles. The van der Waals surface area contributed by atoms with Crippen LogP contribution in [0, 0.1) is 5.82 Å². The second kappa shape index (κ2) is 4.62. The van der Waals surface area contributed by atoms with Gasteiger partial charge in [0.2, 0.25) is 0 Å². The fourth-order valence-corrected chi connectivity index (χ4v) is 2.23. The third-order valence-corrected chi connectivity index (χ3v) is 3.17. The smallest absolute Gasteiger partial charge is 0.178 e. The molecule has 0 aliphatic rings. The Labute approximate surface area is 116 Å². The first-order chi connectivity index (χ1) is 9.19. The molecule has 1 N–H and O–H groups in total. The van der Waals surface area contributed by atoms with E-state index in [4.69, 9.17) is 4.74 Å². The van der Waals surface area contributed by atoms with E-state index in [9.17, 15) is 4.39 Å². The van der Waals surface area contributed by atoms with Gasteiger partial charge in [0, 0.05) is 10.7 Å². The zero-order valence-electron chi connectivity index (χ0n) is 9.95. The Balaban J connectivity index is 2.24. The third kappa shape index (κ3) is 2.08. The number of benzene rings is 1. The molecule has 0 saturated carbocycles. The van der Waals surface area contributed by atoms with E-state index in [1.165, 1.54) is 13.2 Å². The van der Waals surface area contributed by atoms with E-state index in [2.05, 4.69) is 30.9 Å². The van der Waals surface area contributed by atoms with Crippen molar-refractivity contribution in [1.29, 1.82) is 0 Å². The number of rotatable bonds is 2. The normalized spacial score (nSPS) is 10.9. The van der Waals surface area contributed by atoms with E-state index in [1.54, 1.807) is 18.3 Å². The van der Waals surface area contributed by atoms with E-state index >= 15 is 0 Å². The summed E-state index contributed by atoms with van der Waals surface area (Å²) in [5, 5.41) is 0. The van der Waals surface area contributed by atoms with E-state index in [1.807, 2.05) is 6.07 Å². The van der Waals surface area contributed by atoms with Gasteiger partial charge in [-0.05, 0) is 34.1 Å². The molecule has 3 aromatic rings. The molecule has 0 aliphatic carbocycles. The number of hydrogen-bond donors (Lipinski definition) is 1. The van der Waals surface area contributed by atoms with Crippen molar-refractivity contribution in [3.8, 4) is 17.1 Å². The first kappa shape index (κ1) is 12.1. The summed E-state index contributed by atoms with van der Waals surface area (Å²) in [6.07, 6.45) is 1.64. The lowest BCUT2D eigenvalue weighted by molar-refractivity contribution is 0.413. The van der Waals surface area contributed by atoms with Gasteiger partial charge < -0.3 is 9.72 Å². The van der Waals surface area contributed by atoms with Gasteiger partial charge in [0.1, 0.15) is 17.4 Å². The number of hydrogen-bond acceptors (Lipinski definition) is 3. The van der Waals surface area contributed by atoms with Gasteiger partial charge in [-0.1, -0.05) is 6.07 Å². The molecule has 0 saturated heterocycles. The monoisotopic (exact) mass is 321 g/mol. The topological polar surface area (TPSA) is 50.8 Å². The minimum atomic E-state index is -0.391. The van der Waals surface area contributed by atoms with Crippen molar-refractivity contribution in [3.05, 3.63) is 40.8 Å². The molecule has 2 heterocycles. The maximum absolute atomic E-state index is 14.0. The fourth-order valence-electron chi connectivity index (χ4n) is 1.90. The number of pyridine rings is 1. The van der Waals surface area contributed by atoms with Crippen LogP contribution in [0.2, 0.25) is 0 Å². The van der Waals surface area contributed by atoms with Crippen LogP contribution < -0.4 is 4.74 Å². The molecule has 0 radical (unpaired) electrons. The van der Waals surface area contributed by atoms with Crippen molar-refractivity contribution in [2.24, 2.45) is 0 Å². The summed E-state index contributed by atoms with van der Waals surface area (Å²) >= 11 is 3.33. The summed E-state index contributed by atoms with van der Waals surface area (Å²) in [4.78, 5) is 11.5. The Hall–Kier alpha value is -1.95. The highest BCUT2D eigenvalue weighted by atomic mass is 79.9. The van der Waals surface area contributed by atoms with Crippen LogP contribution in [0.3, 0.4) is 0 Å². The second-order valence-electron chi connectivity index (χ2n) is 3.93. The van der Waals surface area contributed by atoms with Crippen molar-refractivity contribution in [3.63, 3.8) is 0 Å². The predicted molar refractivity (Wildman–Crippen MR) is 73.5 cm³/mol. The van der Waals surface area contributed by atoms with Crippen LogP contribution in [0.4, 0.5) is 4.39 Å². The lowest BCUT2D eigenvalue weighted by atomic mass is 10.2. The Morgan fingerprint density at radius 1 is 1.37 bits per heavy atom. The number of fused-ring (bicyclic) bond motifs is 1. The van der Waals surface area contributed by atoms with Crippen molar-refractivity contribution >= 4 is 27.1 Å². The number of nitrogens with zero attached hydrogens (tertiary/aromatic N) is 2. The number of ether oxygens (including phenoxy) is 1. The molecule has 2 aromatic heterocycles. The quantitative estimate of drug-likeness (QED) is 0.785. The van der Waals surface area contributed by atoms with Crippen molar-refractivity contribution in [2.75, 3.05) is 7.11 Å². The van der Waals surface area contributed by atoms with Crippen LogP contribution in [-0.2, 0) is 0 Å². The van der Waals surface area contributed by atoms with Crippen molar-refractivity contribution < 1.29 is 9.13 Å². The molecule has 0 spiro atoms. The number of aromatic amines is 1. The molecule has 0 bridgehead atoms. The minimum Gasteiger partial charge on any atom is -0.496 e. The number of imidazole rings is 1. The van der Waals surface area contributed by atoms with E-state index in [0.29, 0.717) is 22.8 Å². The molecule has 19 heavy (non-hydrogen) atoms. The maximum Gasteiger partial charge on any atom is 0.178 e. The van der Waals surface area contributed by atoms with Gasteiger partial charge in [-0.25, -0.2) is 14.4 Å². The van der Waals surface area contributed by atoms with Gasteiger partial charge in [-0.2, -0.15) is 0 Å². The molecular weight excluding hydrogens is 313 g/mol. The molecule has 1 aromatic carbocycles. The molecule has 6 heteroatoms. The highest BCUT2D eigenvalue weighted by Crippen LogP contribution is 2.31. The zero-order valence-corrected chi connectivity index (χ0v) is 11.5. The van der Waals surface area contributed by atoms with Crippen LogP contribution >= 0.6 is 15.9 Å². The van der Waals surface area contributed by atoms with Crippen LogP contribution in [0.5, 0.6) is 5.75 Å². The average Bonchev–Trinajstić information content (AvgIpc) is 2.80. The van der Waals surface area contributed by atoms with E-state index in [0.717, 1.165) is 9.99 Å². The largest absolute Gasteiger partial charge is 0.496 e. The van der Waals surface area contributed by atoms with Crippen LogP contribution in [0.15, 0.2) is 34.9 Å². The molecule has 0 fully saturated rings. The first-order valence-corrected chi connectivity index (χ1v) is 6.32. The average molecular weight is 322 g/mol. The van der Waals surface area contributed by atoms with Gasteiger partial charge >= 0.3 is 0 Å². The summed E-state index contributed by atoms with van der Waals surface area (Å²) in [7, 11) is 1.50. The predicted octanol–water partition coefficient (Wildman–Crippen LogP) is 3.54. The van der Waals surface area contributed by atoms with Gasteiger partial charge in [-0.3, -0.25) is 0 Å². The molecule has 3 rings (SSSR count). The van der Waals surface area contributed by atoms with Gasteiger partial charge in [-0.15, -0.1) is 0 Å². The summed E-state index contributed by atoms with van der Waals surface area (Å²) in [6.45, 7) is 0. The Kier molecular flexibility index (Phi) is 2.94. The number of aromatic nitrogens is 3. The summed E-state index contributed by atoms with van der Waals surface area (Å²) < 4.78 is 20.0. The van der Waals surface area contributed by atoms with E-state index in [-0.39, 0.29) is 0 Å². The number of halogens is 2. The van der Waals surface area contributed by atoms with Crippen LogP contribution in [-0.4, -0.2) is 22.1 Å². The highest BCUT2D eigenvalue weighted by Gasteiger charge is 2.15. The van der Waals surface area contributed by atoms with Crippen LogP contribution in [0.1, 0.15) is 0 Å². The Morgan fingerprint density at radius 2 is 2.21 bits per heavy atom. The number of nitrogens with one attached hydrogen (secondary N) is 1. The molecule has 0 unspecified atom stereocenters. The first-order valence-electron chi connectivity index (χ1n) is 5.53. The van der Waals surface area contributed by atoms with E-state index < -0.39 is 5.82 Å². The highest BCUT2D eigenvalue weighted by molar-refractivity contribution is 9.10. The summed E-state index contributed by atoms with van der Waals surface area (Å²) in [5.41, 5.74) is 1.57. The lowest BCUT2D eigenvalue weighted by Crippen LogP contribution is -1.92. The molecular formula is C13H9BrFN3O. The van der Waals surface area contributed by atoms with Crippen molar-refractivity contribution in [1.82, 2.24) is 15.0 Å².